The van der Waals surface area contributed by atoms with Crippen molar-refractivity contribution in [1.82, 2.24) is 25.8 Å². The molecule has 0 bridgehead atoms. The third kappa shape index (κ3) is 9.34. The second-order valence-corrected chi connectivity index (χ2v) is 13.4. The molecule has 4 N–H and O–H groups in total. The van der Waals surface area contributed by atoms with E-state index in [1.807, 2.05) is 71.4 Å². The lowest BCUT2D eigenvalue weighted by molar-refractivity contribution is -0.144. The van der Waals surface area contributed by atoms with E-state index in [2.05, 4.69) is 20.9 Å². The number of aromatic nitrogens is 1. The minimum absolute atomic E-state index is 0.0588. The van der Waals surface area contributed by atoms with Crippen LogP contribution in [-0.4, -0.2) is 71.0 Å². The molecule has 4 atom stereocenters. The van der Waals surface area contributed by atoms with E-state index in [9.17, 15) is 19.5 Å². The first kappa shape index (κ1) is 33.7. The van der Waals surface area contributed by atoms with E-state index in [0.717, 1.165) is 60.3 Å². The Labute approximate surface area is 254 Å². The zero-order valence-electron chi connectivity index (χ0n) is 26.0. The molecule has 10 heteroatoms. The van der Waals surface area contributed by atoms with Crippen molar-refractivity contribution in [3.8, 4) is 10.4 Å². The smallest absolute Gasteiger partial charge is 0.246 e. The number of hydrogen-bond acceptors (Lipinski definition) is 7. The Kier molecular flexibility index (Phi) is 12.5. The van der Waals surface area contributed by atoms with Gasteiger partial charge in [0.1, 0.15) is 12.1 Å². The second-order valence-electron chi connectivity index (χ2n) is 12.5. The molecule has 1 aromatic heterocycles. The number of likely N-dealkylation sites (tertiary alicyclic amines) is 1. The molecule has 1 saturated heterocycles. The van der Waals surface area contributed by atoms with Crippen LogP contribution in [0.4, 0.5) is 0 Å². The fourth-order valence-corrected chi connectivity index (χ4v) is 6.18. The normalized spacial score (nSPS) is 18.5. The number of aliphatic hydroxyl groups is 1. The number of nitrogens with one attached hydrogen (secondary N) is 3. The molecule has 2 aromatic rings. The Morgan fingerprint density at radius 3 is 2.36 bits per heavy atom. The summed E-state index contributed by atoms with van der Waals surface area (Å²) in [4.78, 5) is 47.0. The van der Waals surface area contributed by atoms with Gasteiger partial charge in [0, 0.05) is 19.4 Å². The number of unbranched alkanes of at least 4 members (excludes halogenated alkanes) is 4. The number of carbonyl (C=O) groups is 3. The SMILES string of the molecule is CNCCCCCCCC(=O)N[C@H](C(=O)N1C[C@H](O)C[C@H]1C(=O)N[C@@H](C)c1ccc(-c2scnc2C)cc1)C(C)(C)C. The molecule has 42 heavy (non-hydrogen) atoms. The molecule has 0 saturated carbocycles. The van der Waals surface area contributed by atoms with E-state index in [1.165, 1.54) is 4.90 Å². The van der Waals surface area contributed by atoms with Crippen LogP contribution >= 0.6 is 11.3 Å². The standard InChI is InChI=1S/C32H49N5O4S/c1-21(23-13-15-24(16-14-23)28-22(2)34-20-42-28)35-30(40)26-18-25(38)19-37(26)31(41)29(32(3,4)5)36-27(39)12-10-8-7-9-11-17-33-6/h13-16,20-21,25-26,29,33,38H,7-12,17-19H2,1-6H3,(H,35,40)(H,36,39)/t21-,25+,26-,29+/m0/s1. The summed E-state index contributed by atoms with van der Waals surface area (Å²) in [5, 5.41) is 19.6. The molecule has 1 aromatic carbocycles. The fourth-order valence-electron chi connectivity index (χ4n) is 5.37. The van der Waals surface area contributed by atoms with Crippen molar-refractivity contribution in [2.45, 2.75) is 104 Å². The molecule has 0 radical (unpaired) electrons. The van der Waals surface area contributed by atoms with E-state index < -0.39 is 23.6 Å². The third-order valence-electron chi connectivity index (χ3n) is 7.89. The van der Waals surface area contributed by atoms with Crippen molar-refractivity contribution in [2.75, 3.05) is 20.1 Å². The summed E-state index contributed by atoms with van der Waals surface area (Å²) >= 11 is 1.59. The van der Waals surface area contributed by atoms with Crippen molar-refractivity contribution < 1.29 is 19.5 Å². The predicted molar refractivity (Wildman–Crippen MR) is 168 cm³/mol. The van der Waals surface area contributed by atoms with Gasteiger partial charge in [0.15, 0.2) is 0 Å². The van der Waals surface area contributed by atoms with Crippen LogP contribution in [0, 0.1) is 12.3 Å². The number of benzene rings is 1. The summed E-state index contributed by atoms with van der Waals surface area (Å²) in [6.45, 7) is 10.6. The quantitative estimate of drug-likeness (QED) is 0.240. The highest BCUT2D eigenvalue weighted by atomic mass is 32.1. The van der Waals surface area contributed by atoms with Crippen LogP contribution in [-0.2, 0) is 14.4 Å². The number of aliphatic hydroxyl groups excluding tert-OH is 1. The summed E-state index contributed by atoms with van der Waals surface area (Å²) in [6, 6.07) is 6.11. The van der Waals surface area contributed by atoms with Gasteiger partial charge in [0.05, 0.1) is 28.2 Å². The number of β-amino-alcohol motifs (C(OH)–C–C–N with tert-alkyl or cyclic N) is 1. The number of rotatable bonds is 14. The Bertz CT molecular complexity index is 1180. The van der Waals surface area contributed by atoms with Gasteiger partial charge in [0.25, 0.3) is 0 Å². The molecule has 0 aliphatic carbocycles. The molecule has 232 valence electrons. The van der Waals surface area contributed by atoms with Crippen molar-refractivity contribution in [1.29, 1.82) is 0 Å². The zero-order chi connectivity index (χ0) is 30.9. The Morgan fingerprint density at radius 1 is 1.07 bits per heavy atom. The maximum atomic E-state index is 13.8. The minimum Gasteiger partial charge on any atom is -0.391 e. The van der Waals surface area contributed by atoms with Gasteiger partial charge in [0.2, 0.25) is 17.7 Å². The van der Waals surface area contributed by atoms with Crippen molar-refractivity contribution in [2.24, 2.45) is 5.41 Å². The van der Waals surface area contributed by atoms with E-state index >= 15 is 0 Å². The van der Waals surface area contributed by atoms with Crippen LogP contribution in [0.3, 0.4) is 0 Å². The largest absolute Gasteiger partial charge is 0.391 e. The van der Waals surface area contributed by atoms with E-state index in [0.29, 0.717) is 6.42 Å². The number of carbonyl (C=O) groups excluding carboxylic acids is 3. The van der Waals surface area contributed by atoms with Crippen molar-refractivity contribution in [3.05, 3.63) is 41.0 Å². The lowest BCUT2D eigenvalue weighted by Crippen LogP contribution is -2.57. The fraction of sp³-hybridized carbons (Fsp3) is 0.625. The van der Waals surface area contributed by atoms with Crippen LogP contribution < -0.4 is 16.0 Å². The van der Waals surface area contributed by atoms with Gasteiger partial charge in [-0.2, -0.15) is 0 Å². The Morgan fingerprint density at radius 2 is 1.74 bits per heavy atom. The molecule has 1 aliphatic heterocycles. The van der Waals surface area contributed by atoms with Crippen LogP contribution in [0.5, 0.6) is 0 Å². The maximum Gasteiger partial charge on any atom is 0.246 e. The molecule has 9 nitrogen and oxygen atoms in total. The molecule has 3 rings (SSSR count). The van der Waals surface area contributed by atoms with E-state index in [4.69, 9.17) is 0 Å². The van der Waals surface area contributed by atoms with Gasteiger partial charge < -0.3 is 26.0 Å². The summed E-state index contributed by atoms with van der Waals surface area (Å²) in [6.07, 6.45) is 4.78. The molecule has 2 heterocycles. The third-order valence-corrected chi connectivity index (χ3v) is 8.87. The molecule has 3 amide bonds. The van der Waals surface area contributed by atoms with E-state index in [1.54, 1.807) is 11.3 Å². The average molecular weight is 600 g/mol. The Balaban J connectivity index is 1.61. The average Bonchev–Trinajstić information content (AvgIpc) is 3.55. The summed E-state index contributed by atoms with van der Waals surface area (Å²) in [7, 11) is 1.95. The summed E-state index contributed by atoms with van der Waals surface area (Å²) in [5.74, 6) is -0.812. The van der Waals surface area contributed by atoms with Crippen molar-refractivity contribution in [3.63, 3.8) is 0 Å². The summed E-state index contributed by atoms with van der Waals surface area (Å²) in [5.41, 5.74) is 4.26. The topological polar surface area (TPSA) is 124 Å². The maximum absolute atomic E-state index is 13.8. The lowest BCUT2D eigenvalue weighted by Gasteiger charge is -2.35. The van der Waals surface area contributed by atoms with Crippen LogP contribution in [0.2, 0.25) is 0 Å². The number of thiazole rings is 1. The Hall–Kier alpha value is -2.82. The number of hydrogen-bond donors (Lipinski definition) is 4. The molecule has 1 aliphatic rings. The molecule has 0 unspecified atom stereocenters. The van der Waals surface area contributed by atoms with Crippen LogP contribution in [0.15, 0.2) is 29.8 Å². The zero-order valence-corrected chi connectivity index (χ0v) is 26.9. The van der Waals surface area contributed by atoms with Gasteiger partial charge >= 0.3 is 0 Å². The molecule has 0 spiro atoms. The van der Waals surface area contributed by atoms with E-state index in [-0.39, 0.29) is 36.7 Å². The van der Waals surface area contributed by atoms with Crippen LogP contribution in [0.25, 0.3) is 10.4 Å². The molecule has 1 fully saturated rings. The highest BCUT2D eigenvalue weighted by Gasteiger charge is 2.44. The highest BCUT2D eigenvalue weighted by Crippen LogP contribution is 2.29. The monoisotopic (exact) mass is 599 g/mol. The molecular formula is C32H49N5O4S. The molecular weight excluding hydrogens is 550 g/mol. The minimum atomic E-state index is -0.812. The summed E-state index contributed by atoms with van der Waals surface area (Å²) < 4.78 is 0. The first-order chi connectivity index (χ1) is 19.9. The number of aryl methyl sites for hydroxylation is 1. The lowest BCUT2D eigenvalue weighted by atomic mass is 9.85. The second kappa shape index (κ2) is 15.6. The van der Waals surface area contributed by atoms with Gasteiger partial charge in [-0.05, 0) is 56.8 Å². The number of amides is 3. The highest BCUT2D eigenvalue weighted by molar-refractivity contribution is 7.13. The predicted octanol–water partition coefficient (Wildman–Crippen LogP) is 4.35. The van der Waals surface area contributed by atoms with Gasteiger partial charge in [-0.25, -0.2) is 4.98 Å². The van der Waals surface area contributed by atoms with Crippen LogP contribution in [0.1, 0.15) is 89.9 Å². The first-order valence-corrected chi connectivity index (χ1v) is 16.0. The van der Waals surface area contributed by atoms with Crippen molar-refractivity contribution >= 4 is 29.1 Å². The van der Waals surface area contributed by atoms with Gasteiger partial charge in [-0.3, -0.25) is 14.4 Å². The van der Waals surface area contributed by atoms with Gasteiger partial charge in [-0.1, -0.05) is 64.3 Å². The van der Waals surface area contributed by atoms with Gasteiger partial charge in [-0.15, -0.1) is 11.3 Å². The number of nitrogens with zero attached hydrogens (tertiary/aromatic N) is 2. The first-order valence-electron chi connectivity index (χ1n) is 15.2.